The van der Waals surface area contributed by atoms with E-state index in [0.717, 1.165) is 25.1 Å². The van der Waals surface area contributed by atoms with Crippen LogP contribution in [0.2, 0.25) is 0 Å². The quantitative estimate of drug-likeness (QED) is 0.756. The summed E-state index contributed by atoms with van der Waals surface area (Å²) < 4.78 is 16.8. The minimum Gasteiger partial charge on any atom is -0.487 e. The lowest BCUT2D eigenvalue weighted by Crippen LogP contribution is -2.42. The number of likely N-dealkylation sites (tertiary alicyclic amines) is 1. The minimum absolute atomic E-state index is 0.0680. The normalized spacial score (nSPS) is 16.6. The molecule has 1 saturated heterocycles. The van der Waals surface area contributed by atoms with E-state index in [1.165, 1.54) is 13.3 Å². The van der Waals surface area contributed by atoms with Gasteiger partial charge < -0.3 is 19.1 Å². The second kappa shape index (κ2) is 6.82. The number of rotatable bonds is 4. The highest BCUT2D eigenvalue weighted by Crippen LogP contribution is 2.43. The van der Waals surface area contributed by atoms with Crippen molar-refractivity contribution in [2.45, 2.75) is 32.3 Å². The fraction of sp³-hybridized carbons (Fsp3) is 0.381. The summed E-state index contributed by atoms with van der Waals surface area (Å²) in [5.74, 6) is 1.08. The number of esters is 1. The van der Waals surface area contributed by atoms with Crippen molar-refractivity contribution in [3.63, 3.8) is 0 Å². The Kier molecular flexibility index (Phi) is 4.45. The van der Waals surface area contributed by atoms with Crippen LogP contribution >= 0.6 is 0 Å². The molecular formula is C21H22N2O5. The first-order chi connectivity index (χ1) is 13.4. The largest absolute Gasteiger partial charge is 0.487 e. The first-order valence-corrected chi connectivity index (χ1v) is 9.24. The molecule has 0 saturated carbocycles. The van der Waals surface area contributed by atoms with E-state index >= 15 is 0 Å². The van der Waals surface area contributed by atoms with E-state index in [9.17, 15) is 9.59 Å². The maximum atomic E-state index is 12.2. The van der Waals surface area contributed by atoms with E-state index in [2.05, 4.69) is 4.98 Å². The van der Waals surface area contributed by atoms with Gasteiger partial charge in [-0.2, -0.15) is 0 Å². The molecule has 3 heterocycles. The number of aromatic nitrogens is 1. The zero-order chi connectivity index (χ0) is 19.9. The molecule has 0 aliphatic carbocycles. The van der Waals surface area contributed by atoms with Crippen LogP contribution in [0.5, 0.6) is 17.2 Å². The van der Waals surface area contributed by atoms with Crippen molar-refractivity contribution in [2.24, 2.45) is 0 Å². The van der Waals surface area contributed by atoms with Gasteiger partial charge in [-0.3, -0.25) is 4.79 Å². The van der Waals surface area contributed by atoms with Gasteiger partial charge in [-0.15, -0.1) is 0 Å². The van der Waals surface area contributed by atoms with Gasteiger partial charge in [-0.1, -0.05) is 0 Å². The predicted molar refractivity (Wildman–Crippen MR) is 101 cm³/mol. The van der Waals surface area contributed by atoms with E-state index in [1.54, 1.807) is 29.2 Å². The number of methoxy groups -OCH3 is 1. The summed E-state index contributed by atoms with van der Waals surface area (Å²) in [6.07, 6.45) is 3.20. The molecule has 2 aliphatic rings. The highest BCUT2D eigenvalue weighted by molar-refractivity contribution is 5.93. The second-order valence-electron chi connectivity index (χ2n) is 7.61. The molecule has 146 valence electrons. The molecule has 1 amide bonds. The van der Waals surface area contributed by atoms with Gasteiger partial charge in [0.2, 0.25) is 0 Å². The number of hydrogen-bond acceptors (Lipinski definition) is 6. The van der Waals surface area contributed by atoms with Crippen LogP contribution in [0.1, 0.15) is 46.7 Å². The molecule has 1 aromatic heterocycles. The van der Waals surface area contributed by atoms with Gasteiger partial charge in [0.1, 0.15) is 28.5 Å². The first-order valence-electron chi connectivity index (χ1n) is 9.24. The fourth-order valence-corrected chi connectivity index (χ4v) is 3.35. The highest BCUT2D eigenvalue weighted by atomic mass is 16.5. The fourth-order valence-electron chi connectivity index (χ4n) is 3.35. The van der Waals surface area contributed by atoms with Gasteiger partial charge in [0.25, 0.3) is 5.91 Å². The van der Waals surface area contributed by atoms with Crippen LogP contribution in [0, 0.1) is 0 Å². The smallest absolute Gasteiger partial charge is 0.338 e. The maximum absolute atomic E-state index is 12.2. The Morgan fingerprint density at radius 2 is 2.00 bits per heavy atom. The molecule has 28 heavy (non-hydrogen) atoms. The van der Waals surface area contributed by atoms with Gasteiger partial charge >= 0.3 is 5.97 Å². The number of pyridine rings is 1. The third kappa shape index (κ3) is 3.40. The molecule has 0 N–H and O–H groups in total. The number of hydrogen-bond donors (Lipinski definition) is 0. The highest BCUT2D eigenvalue weighted by Gasteiger charge is 2.34. The number of carbonyl (C=O) groups excluding carboxylic acids is 2. The SMILES string of the molecule is COC(=O)c1cc(Oc2ccc(C(=O)N3CCC3)nc2)c2c(c1)OC(C)(C)C2. The number of carbonyl (C=O) groups is 2. The van der Waals surface area contributed by atoms with Crippen molar-refractivity contribution >= 4 is 11.9 Å². The van der Waals surface area contributed by atoms with E-state index in [0.29, 0.717) is 34.9 Å². The molecule has 0 unspecified atom stereocenters. The number of fused-ring (bicyclic) bond motifs is 1. The van der Waals surface area contributed by atoms with Crippen LogP contribution < -0.4 is 9.47 Å². The van der Waals surface area contributed by atoms with Crippen LogP contribution in [-0.4, -0.2) is 47.6 Å². The van der Waals surface area contributed by atoms with Crippen molar-refractivity contribution in [2.75, 3.05) is 20.2 Å². The van der Waals surface area contributed by atoms with Gasteiger partial charge in [-0.05, 0) is 44.5 Å². The Morgan fingerprint density at radius 1 is 1.21 bits per heavy atom. The summed E-state index contributed by atoms with van der Waals surface area (Å²) in [5.41, 5.74) is 1.25. The molecule has 0 radical (unpaired) electrons. The molecule has 1 fully saturated rings. The molecule has 0 atom stereocenters. The standard InChI is InChI=1S/C21H22N2O5/c1-21(2)11-15-17(9-13(20(25)26-3)10-18(15)28-21)27-14-5-6-16(22-12-14)19(24)23-7-4-8-23/h5-6,9-10,12H,4,7-8,11H2,1-3H3. The van der Waals surface area contributed by atoms with Crippen molar-refractivity contribution in [1.82, 2.24) is 9.88 Å². The Balaban J connectivity index is 1.61. The van der Waals surface area contributed by atoms with Crippen LogP contribution in [0.4, 0.5) is 0 Å². The average Bonchev–Trinajstić information content (AvgIpc) is 2.94. The van der Waals surface area contributed by atoms with Crippen LogP contribution in [0.3, 0.4) is 0 Å². The summed E-state index contributed by atoms with van der Waals surface area (Å²) in [5, 5.41) is 0. The van der Waals surface area contributed by atoms with E-state index < -0.39 is 5.97 Å². The van der Waals surface area contributed by atoms with Crippen LogP contribution in [-0.2, 0) is 11.2 Å². The molecule has 1 aromatic carbocycles. The zero-order valence-electron chi connectivity index (χ0n) is 16.2. The number of nitrogens with zero attached hydrogens (tertiary/aromatic N) is 2. The lowest BCUT2D eigenvalue weighted by atomic mass is 10.00. The summed E-state index contributed by atoms with van der Waals surface area (Å²) in [6, 6.07) is 6.68. The lowest BCUT2D eigenvalue weighted by molar-refractivity contribution is 0.0598. The van der Waals surface area contributed by atoms with Gasteiger partial charge in [0.05, 0.1) is 18.9 Å². The first kappa shape index (κ1) is 18.3. The molecule has 7 nitrogen and oxygen atoms in total. The second-order valence-corrected chi connectivity index (χ2v) is 7.61. The molecule has 0 bridgehead atoms. The Hall–Kier alpha value is -3.09. The molecule has 2 aliphatic heterocycles. The third-order valence-electron chi connectivity index (χ3n) is 4.90. The molecule has 7 heteroatoms. The topological polar surface area (TPSA) is 78.0 Å². The van der Waals surface area contributed by atoms with Gasteiger partial charge in [0, 0.05) is 25.1 Å². The summed E-state index contributed by atoms with van der Waals surface area (Å²) in [7, 11) is 1.33. The third-order valence-corrected chi connectivity index (χ3v) is 4.90. The lowest BCUT2D eigenvalue weighted by Gasteiger charge is -2.30. The summed E-state index contributed by atoms with van der Waals surface area (Å²) >= 11 is 0. The number of benzene rings is 1. The molecule has 2 aromatic rings. The monoisotopic (exact) mass is 382 g/mol. The summed E-state index contributed by atoms with van der Waals surface area (Å²) in [4.78, 5) is 30.2. The zero-order valence-corrected chi connectivity index (χ0v) is 16.2. The van der Waals surface area contributed by atoms with Gasteiger partial charge in [0.15, 0.2) is 0 Å². The summed E-state index contributed by atoms with van der Waals surface area (Å²) in [6.45, 7) is 5.51. The van der Waals surface area contributed by atoms with Crippen molar-refractivity contribution in [3.05, 3.63) is 47.3 Å². The maximum Gasteiger partial charge on any atom is 0.338 e. The van der Waals surface area contributed by atoms with Crippen molar-refractivity contribution in [3.8, 4) is 17.2 Å². The van der Waals surface area contributed by atoms with Crippen LogP contribution in [0.25, 0.3) is 0 Å². The van der Waals surface area contributed by atoms with Crippen molar-refractivity contribution < 1.29 is 23.8 Å². The number of ether oxygens (including phenoxy) is 3. The van der Waals surface area contributed by atoms with E-state index in [1.807, 2.05) is 13.8 Å². The number of amides is 1. The average molecular weight is 382 g/mol. The van der Waals surface area contributed by atoms with Crippen LogP contribution in [0.15, 0.2) is 30.5 Å². The van der Waals surface area contributed by atoms with Crippen molar-refractivity contribution in [1.29, 1.82) is 0 Å². The van der Waals surface area contributed by atoms with E-state index in [-0.39, 0.29) is 11.5 Å². The molecular weight excluding hydrogens is 360 g/mol. The Morgan fingerprint density at radius 3 is 2.61 bits per heavy atom. The minimum atomic E-state index is -0.463. The van der Waals surface area contributed by atoms with Gasteiger partial charge in [-0.25, -0.2) is 9.78 Å². The molecule has 4 rings (SSSR count). The Labute approximate surface area is 163 Å². The van der Waals surface area contributed by atoms with E-state index in [4.69, 9.17) is 14.2 Å². The predicted octanol–water partition coefficient (Wildman–Crippen LogP) is 3.22. The Bertz CT molecular complexity index is 933. The molecule has 0 spiro atoms.